The number of oxazole rings is 1. The number of anilines is 3. The molecule has 0 fully saturated rings. The van der Waals surface area contributed by atoms with Crippen LogP contribution in [0.5, 0.6) is 0 Å². The number of β-amino-alcohol motifs (C(OH)–C–C–N with tert-alkyl or cyclic N) is 1. The predicted octanol–water partition coefficient (Wildman–Crippen LogP) is 5.27. The molecule has 2 aromatic carbocycles. The molecule has 2 aromatic heterocycles. The van der Waals surface area contributed by atoms with Crippen LogP contribution in [0.4, 0.5) is 35.2 Å². The number of carbonyl (C=O) groups excluding carboxylic acids is 1. The standard InChI is InChI=1S/C26H22F3N5O3/c1-33-13-20(35)14-34(25(36)31-19-7-3-5-17(11-19)23-12-30-15-37-23)24-22(33)9-8-21(32-24)16-4-2-6-18(10-16)26(27,28)29/h2-12,15,20,35H,13-14H2,1H3,(H,31,36)/t20-/m1/s1. The summed E-state index contributed by atoms with van der Waals surface area (Å²) in [4.78, 5) is 24.9. The number of likely N-dealkylation sites (N-methyl/N-ethyl adjacent to an activating group) is 1. The molecule has 37 heavy (non-hydrogen) atoms. The van der Waals surface area contributed by atoms with Crippen LogP contribution >= 0.6 is 0 Å². The molecule has 1 aliphatic rings. The molecule has 1 aliphatic heterocycles. The first-order chi connectivity index (χ1) is 17.7. The van der Waals surface area contributed by atoms with Crippen molar-refractivity contribution in [3.05, 3.63) is 78.8 Å². The highest BCUT2D eigenvalue weighted by Gasteiger charge is 2.32. The molecule has 3 heterocycles. The molecular formula is C26H22F3N5O3. The van der Waals surface area contributed by atoms with Crippen LogP contribution in [0.25, 0.3) is 22.6 Å². The molecule has 2 N–H and O–H groups in total. The first-order valence-electron chi connectivity index (χ1n) is 11.3. The second-order valence-electron chi connectivity index (χ2n) is 8.64. The second-order valence-corrected chi connectivity index (χ2v) is 8.64. The van der Waals surface area contributed by atoms with E-state index in [9.17, 15) is 23.1 Å². The zero-order valence-electron chi connectivity index (χ0n) is 19.6. The van der Waals surface area contributed by atoms with E-state index in [1.54, 1.807) is 54.5 Å². The minimum absolute atomic E-state index is 0.0655. The van der Waals surface area contributed by atoms with Crippen LogP contribution in [0.1, 0.15) is 5.56 Å². The normalized spacial score (nSPS) is 15.8. The van der Waals surface area contributed by atoms with E-state index >= 15 is 0 Å². The molecule has 4 aromatic rings. The lowest BCUT2D eigenvalue weighted by molar-refractivity contribution is -0.137. The van der Waals surface area contributed by atoms with Crippen molar-refractivity contribution in [1.82, 2.24) is 9.97 Å². The van der Waals surface area contributed by atoms with Gasteiger partial charge >= 0.3 is 12.2 Å². The van der Waals surface area contributed by atoms with Crippen molar-refractivity contribution in [2.75, 3.05) is 35.3 Å². The third-order valence-electron chi connectivity index (χ3n) is 5.96. The number of nitrogens with one attached hydrogen (secondary N) is 1. The average Bonchev–Trinajstić information content (AvgIpc) is 3.38. The Morgan fingerprint density at radius 1 is 1.08 bits per heavy atom. The summed E-state index contributed by atoms with van der Waals surface area (Å²) in [5, 5.41) is 13.4. The van der Waals surface area contributed by atoms with E-state index in [0.29, 0.717) is 22.7 Å². The van der Waals surface area contributed by atoms with Gasteiger partial charge in [0, 0.05) is 30.4 Å². The van der Waals surface area contributed by atoms with E-state index in [1.165, 1.54) is 23.4 Å². The topological polar surface area (TPSA) is 94.7 Å². The van der Waals surface area contributed by atoms with Crippen molar-refractivity contribution in [2.24, 2.45) is 0 Å². The molecule has 11 heteroatoms. The molecular weight excluding hydrogens is 487 g/mol. The van der Waals surface area contributed by atoms with Gasteiger partial charge in [-0.2, -0.15) is 13.2 Å². The summed E-state index contributed by atoms with van der Waals surface area (Å²) in [5.74, 6) is 0.749. The minimum Gasteiger partial charge on any atom is -0.444 e. The Balaban J connectivity index is 1.50. The van der Waals surface area contributed by atoms with E-state index in [2.05, 4.69) is 15.3 Å². The number of rotatable bonds is 3. The number of aliphatic hydroxyl groups is 1. The van der Waals surface area contributed by atoms with Gasteiger partial charge in [-0.1, -0.05) is 24.3 Å². The van der Waals surface area contributed by atoms with E-state index in [0.717, 1.165) is 12.1 Å². The fraction of sp³-hybridized carbons (Fsp3) is 0.192. The van der Waals surface area contributed by atoms with Crippen molar-refractivity contribution in [1.29, 1.82) is 0 Å². The number of hydrogen-bond donors (Lipinski definition) is 2. The van der Waals surface area contributed by atoms with Gasteiger partial charge in [0.05, 0.1) is 35.8 Å². The van der Waals surface area contributed by atoms with E-state index in [-0.39, 0.29) is 30.2 Å². The first kappa shape index (κ1) is 24.3. The van der Waals surface area contributed by atoms with Crippen LogP contribution < -0.4 is 15.1 Å². The monoisotopic (exact) mass is 509 g/mol. The SMILES string of the molecule is CN1C[C@@H](O)CN(C(=O)Nc2cccc(-c3cnco3)c2)c2nc(-c3cccc(C(F)(F)F)c3)ccc21. The van der Waals surface area contributed by atoms with Crippen molar-refractivity contribution in [2.45, 2.75) is 12.3 Å². The van der Waals surface area contributed by atoms with Crippen LogP contribution in [-0.4, -0.2) is 47.3 Å². The van der Waals surface area contributed by atoms with E-state index in [1.807, 2.05) is 0 Å². The number of pyridine rings is 1. The summed E-state index contributed by atoms with van der Waals surface area (Å²) >= 11 is 0. The second kappa shape index (κ2) is 9.58. The lowest BCUT2D eigenvalue weighted by Crippen LogP contribution is -2.41. The molecule has 0 radical (unpaired) electrons. The minimum atomic E-state index is -4.50. The maximum atomic E-state index is 13.4. The van der Waals surface area contributed by atoms with Gasteiger partial charge < -0.3 is 19.7 Å². The van der Waals surface area contributed by atoms with E-state index in [4.69, 9.17) is 4.42 Å². The summed E-state index contributed by atoms with van der Waals surface area (Å²) in [6, 6.07) is 14.5. The summed E-state index contributed by atoms with van der Waals surface area (Å²) in [6.07, 6.45) is -2.53. The lowest BCUT2D eigenvalue weighted by atomic mass is 10.1. The molecule has 190 valence electrons. The maximum Gasteiger partial charge on any atom is 0.416 e. The number of carbonyl (C=O) groups is 1. The number of urea groups is 1. The largest absolute Gasteiger partial charge is 0.444 e. The van der Waals surface area contributed by atoms with Crippen LogP contribution in [0.2, 0.25) is 0 Å². The van der Waals surface area contributed by atoms with Gasteiger partial charge in [0.25, 0.3) is 0 Å². The number of nitrogens with zero attached hydrogens (tertiary/aromatic N) is 4. The molecule has 0 unspecified atom stereocenters. The number of halogens is 3. The highest BCUT2D eigenvalue weighted by atomic mass is 19.4. The first-order valence-corrected chi connectivity index (χ1v) is 11.3. The van der Waals surface area contributed by atoms with E-state index < -0.39 is 23.9 Å². The third-order valence-corrected chi connectivity index (χ3v) is 5.96. The summed E-state index contributed by atoms with van der Waals surface area (Å²) in [6.45, 7) is 0.173. The summed E-state index contributed by atoms with van der Waals surface area (Å²) < 4.78 is 45.1. The molecule has 5 rings (SSSR count). The molecule has 0 saturated carbocycles. The van der Waals surface area contributed by atoms with Crippen LogP contribution in [0.15, 0.2) is 77.7 Å². The van der Waals surface area contributed by atoms with Gasteiger partial charge in [-0.15, -0.1) is 0 Å². The third kappa shape index (κ3) is 5.12. The molecule has 1 atom stereocenters. The zero-order valence-corrected chi connectivity index (χ0v) is 19.6. The number of aliphatic hydroxyl groups excluding tert-OH is 1. The highest BCUT2D eigenvalue weighted by molar-refractivity contribution is 6.03. The Kier molecular flexibility index (Phi) is 6.30. The van der Waals surface area contributed by atoms with Crippen molar-refractivity contribution >= 4 is 23.2 Å². The smallest absolute Gasteiger partial charge is 0.416 e. The Labute approximate surface area is 210 Å². The number of hydrogen-bond acceptors (Lipinski definition) is 6. The Hall–Kier alpha value is -4.38. The lowest BCUT2D eigenvalue weighted by Gasteiger charge is -2.24. The molecule has 8 nitrogen and oxygen atoms in total. The van der Waals surface area contributed by atoms with Crippen LogP contribution in [0, 0.1) is 0 Å². The van der Waals surface area contributed by atoms with Crippen molar-refractivity contribution < 1.29 is 27.5 Å². The van der Waals surface area contributed by atoms with Crippen molar-refractivity contribution in [3.8, 4) is 22.6 Å². The number of alkyl halides is 3. The zero-order chi connectivity index (χ0) is 26.2. The summed E-state index contributed by atoms with van der Waals surface area (Å²) in [7, 11) is 1.75. The van der Waals surface area contributed by atoms with Gasteiger partial charge in [-0.3, -0.25) is 4.90 Å². The molecule has 2 amide bonds. The molecule has 0 spiro atoms. The van der Waals surface area contributed by atoms with Crippen LogP contribution in [0.3, 0.4) is 0 Å². The number of benzene rings is 2. The maximum absolute atomic E-state index is 13.4. The summed E-state index contributed by atoms with van der Waals surface area (Å²) in [5.41, 5.74) is 1.45. The van der Waals surface area contributed by atoms with Gasteiger partial charge in [0.15, 0.2) is 18.0 Å². The highest BCUT2D eigenvalue weighted by Crippen LogP contribution is 2.36. The average molecular weight is 509 g/mol. The van der Waals surface area contributed by atoms with Gasteiger partial charge in [0.2, 0.25) is 0 Å². The van der Waals surface area contributed by atoms with Crippen molar-refractivity contribution in [3.63, 3.8) is 0 Å². The van der Waals surface area contributed by atoms with Gasteiger partial charge in [-0.25, -0.2) is 14.8 Å². The van der Waals surface area contributed by atoms with Gasteiger partial charge in [-0.05, 0) is 36.4 Å². The molecule has 0 bridgehead atoms. The fourth-order valence-electron chi connectivity index (χ4n) is 4.20. The Morgan fingerprint density at radius 2 is 1.86 bits per heavy atom. The fourth-order valence-corrected chi connectivity index (χ4v) is 4.20. The molecule has 0 saturated heterocycles. The predicted molar refractivity (Wildman–Crippen MR) is 132 cm³/mol. The van der Waals surface area contributed by atoms with Gasteiger partial charge in [0.1, 0.15) is 0 Å². The number of amides is 2. The molecule has 0 aliphatic carbocycles. The Morgan fingerprint density at radius 3 is 2.62 bits per heavy atom. The quantitative estimate of drug-likeness (QED) is 0.391. The Bertz CT molecular complexity index is 1430. The van der Waals surface area contributed by atoms with Crippen LogP contribution in [-0.2, 0) is 6.18 Å². The number of fused-ring (bicyclic) bond motifs is 1. The number of aromatic nitrogens is 2.